The van der Waals surface area contributed by atoms with Gasteiger partial charge >= 0.3 is 6.03 Å². The molecule has 0 aromatic heterocycles. The Balaban J connectivity index is 2.07. The number of barbiturate groups is 1. The van der Waals surface area contributed by atoms with Crippen LogP contribution < -0.4 is 10.2 Å². The molecule has 132 valence electrons. The number of carbonyl (C=O) groups is 3. The molecule has 0 bridgehead atoms. The summed E-state index contributed by atoms with van der Waals surface area (Å²) in [4.78, 5) is 38.0. The van der Waals surface area contributed by atoms with Gasteiger partial charge in [-0.05, 0) is 87.7 Å². The van der Waals surface area contributed by atoms with Crippen molar-refractivity contribution in [1.29, 1.82) is 0 Å². The molecule has 1 aliphatic heterocycles. The van der Waals surface area contributed by atoms with Gasteiger partial charge in [0.15, 0.2) is 0 Å². The minimum Gasteiger partial charge on any atom is -0.506 e. The lowest BCUT2D eigenvalue weighted by molar-refractivity contribution is -0.122. The quantitative estimate of drug-likeness (QED) is 0.296. The van der Waals surface area contributed by atoms with Crippen LogP contribution in [0.2, 0.25) is 0 Å². The number of carbonyl (C=O) groups excluding carboxylic acids is 3. The van der Waals surface area contributed by atoms with E-state index in [1.54, 1.807) is 36.4 Å². The van der Waals surface area contributed by atoms with Crippen molar-refractivity contribution in [3.63, 3.8) is 0 Å². The van der Waals surface area contributed by atoms with E-state index in [9.17, 15) is 19.5 Å². The number of halogens is 3. The van der Waals surface area contributed by atoms with E-state index in [0.29, 0.717) is 14.8 Å². The summed E-state index contributed by atoms with van der Waals surface area (Å²) in [5, 5.41) is 12.4. The topological polar surface area (TPSA) is 86.7 Å². The molecule has 1 fully saturated rings. The Morgan fingerprint density at radius 1 is 1.08 bits per heavy atom. The summed E-state index contributed by atoms with van der Waals surface area (Å²) in [7, 11) is 0. The largest absolute Gasteiger partial charge is 0.506 e. The van der Waals surface area contributed by atoms with Gasteiger partial charge in [-0.25, -0.2) is 9.69 Å². The molecule has 0 spiro atoms. The monoisotopic (exact) mass is 638 g/mol. The van der Waals surface area contributed by atoms with Crippen LogP contribution in [0.4, 0.5) is 10.5 Å². The van der Waals surface area contributed by atoms with Crippen molar-refractivity contribution in [1.82, 2.24) is 5.32 Å². The summed E-state index contributed by atoms with van der Waals surface area (Å²) in [5.74, 6) is -1.60. The van der Waals surface area contributed by atoms with Gasteiger partial charge in [-0.3, -0.25) is 14.9 Å². The number of nitrogens with one attached hydrogen (secondary N) is 1. The van der Waals surface area contributed by atoms with Crippen molar-refractivity contribution >= 4 is 90.7 Å². The fourth-order valence-electron chi connectivity index (χ4n) is 2.33. The highest BCUT2D eigenvalue weighted by Gasteiger charge is 2.37. The normalized spacial score (nSPS) is 16.2. The molecule has 0 atom stereocenters. The number of amides is 4. The molecule has 1 aliphatic rings. The smallest absolute Gasteiger partial charge is 0.335 e. The molecule has 0 aliphatic carbocycles. The number of nitrogens with zero attached hydrogens (tertiary/aromatic N) is 1. The molecule has 4 amide bonds. The summed E-state index contributed by atoms with van der Waals surface area (Å²) in [6.45, 7) is 0. The van der Waals surface area contributed by atoms with Crippen LogP contribution in [0.5, 0.6) is 5.75 Å². The van der Waals surface area contributed by atoms with Crippen LogP contribution in [-0.4, -0.2) is 23.0 Å². The van der Waals surface area contributed by atoms with Crippen LogP contribution in [-0.2, 0) is 9.59 Å². The lowest BCUT2D eigenvalue weighted by atomic mass is 10.1. The Kier molecular flexibility index (Phi) is 5.67. The average molecular weight is 639 g/mol. The van der Waals surface area contributed by atoms with Gasteiger partial charge in [-0.15, -0.1) is 0 Å². The molecule has 1 saturated heterocycles. The van der Waals surface area contributed by atoms with E-state index < -0.39 is 17.8 Å². The van der Waals surface area contributed by atoms with Crippen molar-refractivity contribution < 1.29 is 19.5 Å². The van der Waals surface area contributed by atoms with Gasteiger partial charge in [-0.2, -0.15) is 0 Å². The number of rotatable bonds is 2. The fraction of sp³-hybridized carbons (Fsp3) is 0. The van der Waals surface area contributed by atoms with Gasteiger partial charge in [0.05, 0.1) is 9.26 Å². The van der Waals surface area contributed by atoms with Gasteiger partial charge < -0.3 is 5.11 Å². The Labute approximate surface area is 184 Å². The lowest BCUT2D eigenvalue weighted by Crippen LogP contribution is -2.54. The SMILES string of the molecule is O=C1NC(=O)N(c2ccc(Br)cc2)C(=O)/C1=C/c1cc(I)cc(I)c1O. The second-order valence-electron chi connectivity index (χ2n) is 5.26. The zero-order chi connectivity index (χ0) is 19.0. The number of aromatic hydroxyl groups is 1. The zero-order valence-electron chi connectivity index (χ0n) is 12.8. The Bertz CT molecular complexity index is 973. The molecule has 2 N–H and O–H groups in total. The minimum absolute atomic E-state index is 0.0359. The molecule has 2 aromatic carbocycles. The van der Waals surface area contributed by atoms with Crippen LogP contribution in [0.3, 0.4) is 0 Å². The standard InChI is InChI=1S/C17H9BrI2N2O4/c18-9-1-3-11(4-2-9)22-16(25)12(15(24)21-17(22)26)6-8-5-10(19)7-13(20)14(8)23/h1-7,23H,(H,21,24,26)/b12-6+. The maximum Gasteiger partial charge on any atom is 0.335 e. The molecule has 0 saturated carbocycles. The predicted molar refractivity (Wildman–Crippen MR) is 117 cm³/mol. The predicted octanol–water partition coefficient (Wildman–Crippen LogP) is 4.03. The van der Waals surface area contributed by atoms with E-state index in [1.807, 2.05) is 22.6 Å². The molecule has 9 heteroatoms. The highest BCUT2D eigenvalue weighted by molar-refractivity contribution is 14.1. The first-order valence-electron chi connectivity index (χ1n) is 7.13. The van der Waals surface area contributed by atoms with E-state index in [4.69, 9.17) is 0 Å². The van der Waals surface area contributed by atoms with Crippen LogP contribution in [0, 0.1) is 7.14 Å². The Morgan fingerprint density at radius 2 is 1.73 bits per heavy atom. The van der Waals surface area contributed by atoms with E-state index in [2.05, 4.69) is 43.8 Å². The molecule has 1 heterocycles. The average Bonchev–Trinajstić information content (AvgIpc) is 2.57. The van der Waals surface area contributed by atoms with Crippen LogP contribution in [0.15, 0.2) is 46.4 Å². The maximum atomic E-state index is 12.8. The van der Waals surface area contributed by atoms with E-state index in [-0.39, 0.29) is 11.3 Å². The summed E-state index contributed by atoms with van der Waals surface area (Å²) in [5.41, 5.74) is 0.418. The van der Waals surface area contributed by atoms with Crippen LogP contribution in [0.1, 0.15) is 5.56 Å². The fourth-order valence-corrected chi connectivity index (χ4v) is 4.49. The lowest BCUT2D eigenvalue weighted by Gasteiger charge is -2.26. The molecule has 0 radical (unpaired) electrons. The Morgan fingerprint density at radius 3 is 2.38 bits per heavy atom. The van der Waals surface area contributed by atoms with E-state index >= 15 is 0 Å². The van der Waals surface area contributed by atoms with Gasteiger partial charge in [0.1, 0.15) is 11.3 Å². The first-order chi connectivity index (χ1) is 12.3. The molecule has 26 heavy (non-hydrogen) atoms. The highest BCUT2D eigenvalue weighted by Crippen LogP contribution is 2.30. The van der Waals surface area contributed by atoms with E-state index in [0.717, 1.165) is 12.9 Å². The number of phenols is 1. The molecule has 0 unspecified atom stereocenters. The number of imide groups is 2. The number of phenolic OH excluding ortho intramolecular Hbond substituents is 1. The molecular formula is C17H9BrI2N2O4. The second-order valence-corrected chi connectivity index (χ2v) is 8.58. The Hall–Kier alpha value is -1.47. The number of anilines is 1. The third kappa shape index (κ3) is 3.78. The number of hydrogen-bond donors (Lipinski definition) is 2. The van der Waals surface area contributed by atoms with Gasteiger partial charge in [0.25, 0.3) is 11.8 Å². The first-order valence-corrected chi connectivity index (χ1v) is 10.1. The van der Waals surface area contributed by atoms with Gasteiger partial charge in [0.2, 0.25) is 0 Å². The highest BCUT2D eigenvalue weighted by atomic mass is 127. The summed E-state index contributed by atoms with van der Waals surface area (Å²) in [6.07, 6.45) is 1.29. The number of benzene rings is 2. The van der Waals surface area contributed by atoms with Gasteiger partial charge in [0, 0.05) is 13.6 Å². The molecule has 2 aromatic rings. The van der Waals surface area contributed by atoms with Crippen molar-refractivity contribution in [3.05, 3.63) is 59.1 Å². The third-order valence-corrected chi connectivity index (χ3v) is 5.52. The van der Waals surface area contributed by atoms with Crippen molar-refractivity contribution in [2.24, 2.45) is 0 Å². The number of hydrogen-bond acceptors (Lipinski definition) is 4. The van der Waals surface area contributed by atoms with E-state index in [1.165, 1.54) is 6.08 Å². The maximum absolute atomic E-state index is 12.8. The van der Waals surface area contributed by atoms with Crippen molar-refractivity contribution in [3.8, 4) is 5.75 Å². The van der Waals surface area contributed by atoms with Gasteiger partial charge in [-0.1, -0.05) is 15.9 Å². The molecule has 3 rings (SSSR count). The second kappa shape index (κ2) is 7.64. The van der Waals surface area contributed by atoms with Crippen molar-refractivity contribution in [2.75, 3.05) is 4.90 Å². The summed E-state index contributed by atoms with van der Waals surface area (Å²) >= 11 is 7.32. The summed E-state index contributed by atoms with van der Waals surface area (Å²) in [6, 6.07) is 9.13. The number of urea groups is 1. The molecule has 6 nitrogen and oxygen atoms in total. The minimum atomic E-state index is -0.819. The third-order valence-electron chi connectivity index (χ3n) is 3.54. The summed E-state index contributed by atoms with van der Waals surface area (Å²) < 4.78 is 2.21. The van der Waals surface area contributed by atoms with Crippen molar-refractivity contribution in [2.45, 2.75) is 0 Å². The van der Waals surface area contributed by atoms with Crippen LogP contribution in [0.25, 0.3) is 6.08 Å². The zero-order valence-corrected chi connectivity index (χ0v) is 18.7. The first kappa shape index (κ1) is 19.3. The molecular weight excluding hydrogens is 630 g/mol. The van der Waals surface area contributed by atoms with Crippen LogP contribution >= 0.6 is 61.1 Å².